The predicted molar refractivity (Wildman–Crippen MR) is 137 cm³/mol. The van der Waals surface area contributed by atoms with Gasteiger partial charge in [-0.2, -0.15) is 0 Å². The first-order valence-electron chi connectivity index (χ1n) is 10.1. The van der Waals surface area contributed by atoms with E-state index < -0.39 is 9.84 Å². The van der Waals surface area contributed by atoms with Gasteiger partial charge in [0.25, 0.3) is 0 Å². The molecule has 2 aromatic carbocycles. The van der Waals surface area contributed by atoms with E-state index in [1.165, 1.54) is 29.7 Å². The molecule has 0 aliphatic heterocycles. The van der Waals surface area contributed by atoms with E-state index in [1.54, 1.807) is 47.0 Å². The Labute approximate surface area is 208 Å². The maximum atomic E-state index is 13.0. The predicted octanol–water partition coefficient (Wildman–Crippen LogP) is 4.73. The Balaban J connectivity index is 0.00000385. The lowest BCUT2D eigenvalue weighted by molar-refractivity contribution is -0.118. The van der Waals surface area contributed by atoms with Crippen molar-refractivity contribution in [2.75, 3.05) is 44.1 Å². The summed E-state index contributed by atoms with van der Waals surface area (Å²) in [5.41, 5.74) is 0.673. The van der Waals surface area contributed by atoms with Crippen LogP contribution in [0, 0.1) is 5.82 Å². The Morgan fingerprint density at radius 1 is 1.12 bits per heavy atom. The van der Waals surface area contributed by atoms with E-state index in [2.05, 4.69) is 4.98 Å². The van der Waals surface area contributed by atoms with E-state index in [0.29, 0.717) is 36.6 Å². The van der Waals surface area contributed by atoms with Crippen molar-refractivity contribution in [3.8, 4) is 0 Å². The van der Waals surface area contributed by atoms with Gasteiger partial charge in [0.15, 0.2) is 15.0 Å². The van der Waals surface area contributed by atoms with E-state index in [0.717, 1.165) is 15.3 Å². The average Bonchev–Trinajstić information content (AvgIpc) is 3.14. The molecule has 3 rings (SSSR count). The third kappa shape index (κ3) is 7.92. The van der Waals surface area contributed by atoms with Crippen LogP contribution in [0.15, 0.2) is 52.3 Å². The minimum atomic E-state index is -3.31. The number of carbonyl (C=O) groups is 1. The summed E-state index contributed by atoms with van der Waals surface area (Å²) in [4.78, 5) is 22.5. The molecule has 0 aliphatic carbocycles. The molecule has 0 atom stereocenters. The van der Waals surface area contributed by atoms with Crippen molar-refractivity contribution in [1.29, 1.82) is 0 Å². The fourth-order valence-electron chi connectivity index (χ4n) is 2.95. The van der Waals surface area contributed by atoms with Crippen molar-refractivity contribution in [2.45, 2.75) is 22.6 Å². The average molecular weight is 532 g/mol. The lowest BCUT2D eigenvalue weighted by Gasteiger charge is -2.22. The lowest BCUT2D eigenvalue weighted by Crippen LogP contribution is -2.36. The zero-order chi connectivity index (χ0) is 23.3. The summed E-state index contributed by atoms with van der Waals surface area (Å²) in [5.74, 6) is 0.464. The molecule has 180 valence electrons. The summed E-state index contributed by atoms with van der Waals surface area (Å²) < 4.78 is 37.5. The summed E-state index contributed by atoms with van der Waals surface area (Å²) in [6.45, 7) is 1.18. The second-order valence-corrected chi connectivity index (χ2v) is 11.8. The third-order valence-electron chi connectivity index (χ3n) is 4.70. The zero-order valence-corrected chi connectivity index (χ0v) is 21.9. The van der Waals surface area contributed by atoms with Gasteiger partial charge in [0.2, 0.25) is 5.91 Å². The van der Waals surface area contributed by atoms with Crippen LogP contribution in [-0.2, 0) is 14.6 Å². The second-order valence-electron chi connectivity index (χ2n) is 7.65. The number of nitrogens with zero attached hydrogens (tertiary/aromatic N) is 3. The molecule has 0 spiro atoms. The first kappa shape index (κ1) is 27.5. The zero-order valence-electron chi connectivity index (χ0n) is 18.7. The van der Waals surface area contributed by atoms with Gasteiger partial charge in [-0.05, 0) is 68.7 Å². The molecule has 0 aliphatic rings. The molecule has 0 fully saturated rings. The summed E-state index contributed by atoms with van der Waals surface area (Å²) in [6, 6.07) is 11.2. The van der Waals surface area contributed by atoms with Gasteiger partial charge in [-0.15, -0.1) is 24.2 Å². The van der Waals surface area contributed by atoms with Gasteiger partial charge >= 0.3 is 0 Å². The number of hydrogen-bond donors (Lipinski definition) is 0. The highest BCUT2D eigenvalue weighted by atomic mass is 35.5. The molecule has 1 aromatic heterocycles. The molecule has 0 N–H and O–H groups in total. The number of aromatic nitrogens is 1. The van der Waals surface area contributed by atoms with E-state index in [9.17, 15) is 17.6 Å². The Bertz CT molecular complexity index is 1180. The smallest absolute Gasteiger partial charge is 0.228 e. The standard InChI is InChI=1S/C22H26FN3O3S3.ClH/c1-25(2)12-13-26(21(27)5-4-14-30-17-8-6-16(23)7-9-17)22-24-19-11-10-18(32(3,28)29)15-20(19)31-22;/h6-11,15H,4-5,12-14H2,1-3H3;1H. The van der Waals surface area contributed by atoms with Crippen LogP contribution >= 0.6 is 35.5 Å². The highest BCUT2D eigenvalue weighted by Crippen LogP contribution is 2.31. The molecule has 0 radical (unpaired) electrons. The first-order valence-corrected chi connectivity index (χ1v) is 13.8. The number of rotatable bonds is 10. The second kappa shape index (κ2) is 12.1. The number of hydrogen-bond acceptors (Lipinski definition) is 7. The largest absolute Gasteiger partial charge is 0.308 e. The molecule has 6 nitrogen and oxygen atoms in total. The minimum Gasteiger partial charge on any atom is -0.308 e. The number of benzene rings is 2. The quantitative estimate of drug-likeness (QED) is 0.278. The van der Waals surface area contributed by atoms with E-state index >= 15 is 0 Å². The van der Waals surface area contributed by atoms with E-state index in [4.69, 9.17) is 0 Å². The van der Waals surface area contributed by atoms with E-state index in [1.807, 2.05) is 19.0 Å². The van der Waals surface area contributed by atoms with Crippen LogP contribution < -0.4 is 4.90 Å². The SMILES string of the molecule is CN(C)CCN(C(=O)CCCSc1ccc(F)cc1)c1nc2ccc(S(C)(=O)=O)cc2s1.Cl. The third-order valence-corrected chi connectivity index (χ3v) is 7.95. The molecular formula is C22H27ClFN3O3S3. The van der Waals surface area contributed by atoms with Crippen LogP contribution in [0.3, 0.4) is 0 Å². The topological polar surface area (TPSA) is 70.6 Å². The van der Waals surface area contributed by atoms with Crippen LogP contribution in [0.5, 0.6) is 0 Å². The Hall–Kier alpha value is -1.72. The summed E-state index contributed by atoms with van der Waals surface area (Å²) >= 11 is 2.91. The molecule has 0 bridgehead atoms. The fourth-order valence-corrected chi connectivity index (χ4v) is 5.57. The fraction of sp³-hybridized carbons (Fsp3) is 0.364. The Kier molecular flexibility index (Phi) is 10.1. The number of carbonyl (C=O) groups excluding carboxylic acids is 1. The van der Waals surface area contributed by atoms with E-state index in [-0.39, 0.29) is 29.0 Å². The van der Waals surface area contributed by atoms with Gasteiger partial charge in [-0.3, -0.25) is 9.69 Å². The molecule has 1 heterocycles. The number of thiazole rings is 1. The van der Waals surface area contributed by atoms with Crippen molar-refractivity contribution in [3.63, 3.8) is 0 Å². The molecule has 0 unspecified atom stereocenters. The Morgan fingerprint density at radius 2 is 1.82 bits per heavy atom. The van der Waals surface area contributed by atoms with Crippen LogP contribution in [-0.4, -0.2) is 63.4 Å². The number of amides is 1. The maximum Gasteiger partial charge on any atom is 0.228 e. The first-order chi connectivity index (χ1) is 15.1. The van der Waals surface area contributed by atoms with Crippen molar-refractivity contribution < 1.29 is 17.6 Å². The normalized spacial score (nSPS) is 11.5. The molecule has 11 heteroatoms. The van der Waals surface area contributed by atoms with Gasteiger partial charge in [-0.1, -0.05) is 11.3 Å². The van der Waals surface area contributed by atoms with Crippen molar-refractivity contribution in [2.24, 2.45) is 0 Å². The van der Waals surface area contributed by atoms with Crippen LogP contribution in [0.25, 0.3) is 10.2 Å². The number of fused-ring (bicyclic) bond motifs is 1. The Morgan fingerprint density at radius 3 is 2.45 bits per heavy atom. The molecule has 1 amide bonds. The molecule has 3 aromatic rings. The van der Waals surface area contributed by atoms with Gasteiger partial charge in [0, 0.05) is 30.7 Å². The molecular weight excluding hydrogens is 505 g/mol. The number of thioether (sulfide) groups is 1. The summed E-state index contributed by atoms with van der Waals surface area (Å²) in [7, 11) is 0.572. The van der Waals surface area contributed by atoms with Crippen LogP contribution in [0.1, 0.15) is 12.8 Å². The molecule has 0 saturated heterocycles. The monoisotopic (exact) mass is 531 g/mol. The van der Waals surface area contributed by atoms with Crippen molar-refractivity contribution in [1.82, 2.24) is 9.88 Å². The molecule has 33 heavy (non-hydrogen) atoms. The highest BCUT2D eigenvalue weighted by molar-refractivity contribution is 7.99. The number of sulfone groups is 1. The van der Waals surface area contributed by atoms with Crippen LogP contribution in [0.2, 0.25) is 0 Å². The van der Waals surface area contributed by atoms with Crippen molar-refractivity contribution in [3.05, 3.63) is 48.3 Å². The van der Waals surface area contributed by atoms with Crippen LogP contribution in [0.4, 0.5) is 9.52 Å². The summed E-state index contributed by atoms with van der Waals surface area (Å²) in [6.07, 6.45) is 2.22. The van der Waals surface area contributed by atoms with Gasteiger partial charge in [0.05, 0.1) is 15.1 Å². The van der Waals surface area contributed by atoms with Crippen molar-refractivity contribution >= 4 is 66.6 Å². The lowest BCUT2D eigenvalue weighted by atomic mass is 10.3. The molecule has 0 saturated carbocycles. The van der Waals surface area contributed by atoms with Gasteiger partial charge in [0.1, 0.15) is 5.82 Å². The van der Waals surface area contributed by atoms with Gasteiger partial charge in [-0.25, -0.2) is 17.8 Å². The number of halogens is 2. The van der Waals surface area contributed by atoms with Gasteiger partial charge < -0.3 is 4.90 Å². The highest BCUT2D eigenvalue weighted by Gasteiger charge is 2.20. The minimum absolute atomic E-state index is 0. The number of anilines is 1. The summed E-state index contributed by atoms with van der Waals surface area (Å²) in [5, 5.41) is 0.573. The maximum absolute atomic E-state index is 13.0. The number of likely N-dealkylation sites (N-methyl/N-ethyl adjacent to an activating group) is 1.